The maximum absolute atomic E-state index is 13.6. The van der Waals surface area contributed by atoms with Gasteiger partial charge in [0, 0.05) is 43.1 Å². The van der Waals surface area contributed by atoms with Crippen LogP contribution in [0.2, 0.25) is 0 Å². The molecular formula is C31H43N3O2. The van der Waals surface area contributed by atoms with Gasteiger partial charge in [0.15, 0.2) is 0 Å². The first-order valence-corrected chi connectivity index (χ1v) is 14.1. The third kappa shape index (κ3) is 6.89. The van der Waals surface area contributed by atoms with Crippen molar-refractivity contribution in [1.29, 1.82) is 0 Å². The van der Waals surface area contributed by atoms with Crippen LogP contribution in [0, 0.1) is 5.92 Å². The second-order valence-electron chi connectivity index (χ2n) is 10.7. The van der Waals surface area contributed by atoms with Crippen molar-refractivity contribution in [3.8, 4) is 0 Å². The Morgan fingerprint density at radius 3 is 2.31 bits per heavy atom. The minimum absolute atomic E-state index is 0.0889. The van der Waals surface area contributed by atoms with E-state index in [2.05, 4.69) is 36.2 Å². The highest BCUT2D eigenvalue weighted by molar-refractivity contribution is 6.06. The number of carbonyl (C=O) groups is 2. The van der Waals surface area contributed by atoms with Crippen LogP contribution in [0.4, 0.5) is 11.4 Å². The van der Waals surface area contributed by atoms with Gasteiger partial charge in [-0.25, -0.2) is 0 Å². The van der Waals surface area contributed by atoms with Gasteiger partial charge in [-0.1, -0.05) is 45.2 Å². The fourth-order valence-electron chi connectivity index (χ4n) is 5.36. The first-order chi connectivity index (χ1) is 17.5. The molecule has 2 aliphatic heterocycles. The monoisotopic (exact) mass is 489 g/mol. The van der Waals surface area contributed by atoms with Gasteiger partial charge in [-0.05, 0) is 86.8 Å². The number of amides is 2. The molecule has 2 heterocycles. The summed E-state index contributed by atoms with van der Waals surface area (Å²) >= 11 is 0. The number of aryl methyl sites for hydroxylation is 1. The normalized spacial score (nSPS) is 16.7. The zero-order valence-electron chi connectivity index (χ0n) is 22.2. The number of piperidine rings is 2. The molecule has 0 bridgehead atoms. The van der Waals surface area contributed by atoms with Crippen molar-refractivity contribution in [3.63, 3.8) is 0 Å². The summed E-state index contributed by atoms with van der Waals surface area (Å²) in [6.45, 7) is 8.06. The molecule has 2 aliphatic rings. The maximum Gasteiger partial charge on any atom is 0.256 e. The quantitative estimate of drug-likeness (QED) is 0.389. The van der Waals surface area contributed by atoms with E-state index in [-0.39, 0.29) is 11.8 Å². The number of nitrogens with zero attached hydrogens (tertiary/aromatic N) is 2. The molecule has 2 fully saturated rings. The van der Waals surface area contributed by atoms with Gasteiger partial charge in [0.05, 0.1) is 5.56 Å². The third-order valence-electron chi connectivity index (χ3n) is 7.79. The molecule has 4 rings (SSSR count). The Hall–Kier alpha value is -2.82. The molecule has 2 aromatic rings. The number of hydrogen-bond acceptors (Lipinski definition) is 3. The van der Waals surface area contributed by atoms with Crippen LogP contribution in [0.3, 0.4) is 0 Å². The summed E-state index contributed by atoms with van der Waals surface area (Å²) in [6.07, 6.45) is 11.7. The summed E-state index contributed by atoms with van der Waals surface area (Å²) in [5.74, 6) is 0.624. The molecule has 0 spiro atoms. The predicted molar refractivity (Wildman–Crippen MR) is 149 cm³/mol. The van der Waals surface area contributed by atoms with E-state index in [9.17, 15) is 9.59 Å². The first kappa shape index (κ1) is 26.2. The molecule has 5 nitrogen and oxygen atoms in total. The van der Waals surface area contributed by atoms with E-state index in [1.54, 1.807) is 0 Å². The van der Waals surface area contributed by atoms with Crippen LogP contribution in [-0.4, -0.2) is 42.9 Å². The standard InChI is InChI=1S/C31H43N3O2/c1-3-4-5-7-10-25-11-13-26(14-12-25)30(35)32-27-15-16-29(33-19-8-6-9-20-33)28(23-27)31(36)34-21-17-24(2)18-22-34/h11-16,23-24H,3-10,17-22H2,1-2H3,(H,32,35). The minimum atomic E-state index is -0.136. The lowest BCUT2D eigenvalue weighted by Gasteiger charge is -2.34. The first-order valence-electron chi connectivity index (χ1n) is 14.1. The van der Waals surface area contributed by atoms with E-state index in [1.165, 1.54) is 37.7 Å². The molecule has 0 unspecified atom stereocenters. The van der Waals surface area contributed by atoms with Crippen molar-refractivity contribution >= 4 is 23.2 Å². The molecule has 36 heavy (non-hydrogen) atoms. The fraction of sp³-hybridized carbons (Fsp3) is 0.548. The van der Waals surface area contributed by atoms with Crippen LogP contribution in [0.1, 0.15) is 97.9 Å². The largest absolute Gasteiger partial charge is 0.371 e. The van der Waals surface area contributed by atoms with Crippen molar-refractivity contribution in [2.24, 2.45) is 5.92 Å². The molecule has 0 aromatic heterocycles. The Bertz CT molecular complexity index is 1000. The van der Waals surface area contributed by atoms with Gasteiger partial charge in [0.25, 0.3) is 11.8 Å². The summed E-state index contributed by atoms with van der Waals surface area (Å²) in [6, 6.07) is 13.8. The Morgan fingerprint density at radius 1 is 0.889 bits per heavy atom. The van der Waals surface area contributed by atoms with E-state index in [4.69, 9.17) is 0 Å². The molecule has 1 N–H and O–H groups in total. The molecule has 0 saturated carbocycles. The summed E-state index contributed by atoms with van der Waals surface area (Å²) in [5, 5.41) is 3.04. The second kappa shape index (κ2) is 12.9. The molecule has 0 aliphatic carbocycles. The Morgan fingerprint density at radius 2 is 1.61 bits per heavy atom. The highest BCUT2D eigenvalue weighted by atomic mass is 16.2. The highest BCUT2D eigenvalue weighted by Gasteiger charge is 2.26. The number of hydrogen-bond donors (Lipinski definition) is 1. The summed E-state index contributed by atoms with van der Waals surface area (Å²) in [4.78, 5) is 31.0. The van der Waals surface area contributed by atoms with Crippen molar-refractivity contribution in [2.75, 3.05) is 36.4 Å². The van der Waals surface area contributed by atoms with Crippen molar-refractivity contribution in [1.82, 2.24) is 4.90 Å². The number of rotatable bonds is 9. The van der Waals surface area contributed by atoms with Crippen molar-refractivity contribution in [2.45, 2.75) is 78.1 Å². The maximum atomic E-state index is 13.6. The highest BCUT2D eigenvalue weighted by Crippen LogP contribution is 2.30. The number of likely N-dealkylation sites (tertiary alicyclic amines) is 1. The SMILES string of the molecule is CCCCCCc1ccc(C(=O)Nc2ccc(N3CCCCC3)c(C(=O)N3CCC(C)CC3)c2)cc1. The van der Waals surface area contributed by atoms with Gasteiger partial charge < -0.3 is 15.1 Å². The van der Waals surface area contributed by atoms with E-state index in [0.29, 0.717) is 22.7 Å². The Balaban J connectivity index is 1.48. The summed E-state index contributed by atoms with van der Waals surface area (Å²) in [7, 11) is 0. The number of carbonyl (C=O) groups excluding carboxylic acids is 2. The molecule has 194 valence electrons. The van der Waals surface area contributed by atoms with E-state index >= 15 is 0 Å². The number of anilines is 2. The zero-order chi connectivity index (χ0) is 25.3. The topological polar surface area (TPSA) is 52.7 Å². The van der Waals surface area contributed by atoms with Crippen LogP contribution in [-0.2, 0) is 6.42 Å². The van der Waals surface area contributed by atoms with Crippen LogP contribution < -0.4 is 10.2 Å². The van der Waals surface area contributed by atoms with Crippen LogP contribution in [0.25, 0.3) is 0 Å². The summed E-state index contributed by atoms with van der Waals surface area (Å²) < 4.78 is 0. The van der Waals surface area contributed by atoms with Gasteiger partial charge in [-0.3, -0.25) is 9.59 Å². The molecule has 5 heteroatoms. The van der Waals surface area contributed by atoms with Crippen LogP contribution in [0.5, 0.6) is 0 Å². The zero-order valence-corrected chi connectivity index (χ0v) is 22.2. The molecular weight excluding hydrogens is 446 g/mol. The number of nitrogens with one attached hydrogen (secondary N) is 1. The molecule has 0 atom stereocenters. The third-order valence-corrected chi connectivity index (χ3v) is 7.79. The van der Waals surface area contributed by atoms with Crippen LogP contribution >= 0.6 is 0 Å². The van der Waals surface area contributed by atoms with Crippen molar-refractivity contribution in [3.05, 3.63) is 59.2 Å². The van der Waals surface area contributed by atoms with E-state index in [0.717, 1.165) is 64.0 Å². The van der Waals surface area contributed by atoms with Gasteiger partial charge in [-0.2, -0.15) is 0 Å². The lowest BCUT2D eigenvalue weighted by molar-refractivity contribution is 0.0697. The second-order valence-corrected chi connectivity index (χ2v) is 10.7. The minimum Gasteiger partial charge on any atom is -0.371 e. The lowest BCUT2D eigenvalue weighted by Crippen LogP contribution is -2.39. The Labute approximate surface area is 217 Å². The van der Waals surface area contributed by atoms with Gasteiger partial charge in [0.2, 0.25) is 0 Å². The molecule has 2 saturated heterocycles. The van der Waals surface area contributed by atoms with E-state index < -0.39 is 0 Å². The molecule has 0 radical (unpaired) electrons. The lowest BCUT2D eigenvalue weighted by atomic mass is 9.98. The van der Waals surface area contributed by atoms with Gasteiger partial charge in [-0.15, -0.1) is 0 Å². The predicted octanol–water partition coefficient (Wildman–Crippen LogP) is 6.92. The molecule has 2 aromatic carbocycles. The fourth-order valence-corrected chi connectivity index (χ4v) is 5.36. The number of benzene rings is 2. The average molecular weight is 490 g/mol. The Kier molecular flexibility index (Phi) is 9.43. The molecule has 2 amide bonds. The van der Waals surface area contributed by atoms with Crippen molar-refractivity contribution < 1.29 is 9.59 Å². The van der Waals surface area contributed by atoms with Crippen LogP contribution in [0.15, 0.2) is 42.5 Å². The number of unbranched alkanes of at least 4 members (excludes halogenated alkanes) is 3. The van der Waals surface area contributed by atoms with Gasteiger partial charge in [0.1, 0.15) is 0 Å². The smallest absolute Gasteiger partial charge is 0.256 e. The van der Waals surface area contributed by atoms with Gasteiger partial charge >= 0.3 is 0 Å². The summed E-state index contributed by atoms with van der Waals surface area (Å²) in [5.41, 5.74) is 4.32. The average Bonchev–Trinajstić information content (AvgIpc) is 2.92. The van der Waals surface area contributed by atoms with E-state index in [1.807, 2.05) is 35.2 Å².